The average molecular weight is 308 g/mol. The van der Waals surface area contributed by atoms with Crippen molar-refractivity contribution in [3.63, 3.8) is 0 Å². The Morgan fingerprint density at radius 1 is 1.15 bits per heavy atom. The van der Waals surface area contributed by atoms with Crippen molar-refractivity contribution in [2.75, 3.05) is 6.54 Å². The summed E-state index contributed by atoms with van der Waals surface area (Å²) in [6, 6.07) is 11.3. The van der Waals surface area contributed by atoms with Crippen molar-refractivity contribution in [3.8, 4) is 0 Å². The van der Waals surface area contributed by atoms with Crippen molar-refractivity contribution >= 4 is 22.9 Å². The summed E-state index contributed by atoms with van der Waals surface area (Å²) in [6.07, 6.45) is 2.15. The number of nitrogens with one attached hydrogen (secondary N) is 1. The molecule has 0 bridgehead atoms. The van der Waals surface area contributed by atoms with Crippen molar-refractivity contribution in [2.24, 2.45) is 0 Å². The summed E-state index contributed by atoms with van der Waals surface area (Å²) < 4.78 is 0.870. The Hall–Kier alpha value is -0.830. The first-order valence-corrected chi connectivity index (χ1v) is 8.33. The maximum atomic E-state index is 6.04. The van der Waals surface area contributed by atoms with Gasteiger partial charge in [0.25, 0.3) is 0 Å². The molecule has 1 N–H and O–H groups in total. The SMILES string of the molecule is CCCNC(Cc1ccc(Cl)s1)c1cc(C)cc(C)c1. The highest BCUT2D eigenvalue weighted by Gasteiger charge is 2.13. The third kappa shape index (κ3) is 4.34. The highest BCUT2D eigenvalue weighted by molar-refractivity contribution is 7.16. The van der Waals surface area contributed by atoms with Crippen LogP contribution in [0.3, 0.4) is 0 Å². The summed E-state index contributed by atoms with van der Waals surface area (Å²) in [4.78, 5) is 1.34. The normalized spacial score (nSPS) is 12.6. The molecule has 1 aromatic heterocycles. The van der Waals surface area contributed by atoms with Crippen LogP contribution in [-0.2, 0) is 6.42 Å². The molecule has 1 nitrogen and oxygen atoms in total. The van der Waals surface area contributed by atoms with E-state index >= 15 is 0 Å². The van der Waals surface area contributed by atoms with Gasteiger partial charge >= 0.3 is 0 Å². The third-order valence-electron chi connectivity index (χ3n) is 3.32. The largest absolute Gasteiger partial charge is 0.310 e. The lowest BCUT2D eigenvalue weighted by Gasteiger charge is -2.19. The van der Waals surface area contributed by atoms with E-state index in [0.717, 1.165) is 23.7 Å². The van der Waals surface area contributed by atoms with E-state index in [1.807, 2.05) is 6.07 Å². The number of halogens is 1. The van der Waals surface area contributed by atoms with Crippen LogP contribution in [-0.4, -0.2) is 6.54 Å². The highest BCUT2D eigenvalue weighted by atomic mass is 35.5. The van der Waals surface area contributed by atoms with E-state index in [4.69, 9.17) is 11.6 Å². The van der Waals surface area contributed by atoms with Crippen LogP contribution in [0.1, 0.15) is 41.0 Å². The zero-order valence-electron chi connectivity index (χ0n) is 12.4. The van der Waals surface area contributed by atoms with Crippen LogP contribution in [0.15, 0.2) is 30.3 Å². The third-order valence-corrected chi connectivity index (χ3v) is 4.57. The molecule has 2 rings (SSSR count). The molecule has 0 aliphatic carbocycles. The molecular formula is C17H22ClNS. The maximum absolute atomic E-state index is 6.04. The molecule has 0 spiro atoms. The Morgan fingerprint density at radius 3 is 2.40 bits per heavy atom. The van der Waals surface area contributed by atoms with E-state index in [1.165, 1.54) is 21.6 Å². The van der Waals surface area contributed by atoms with Gasteiger partial charge in [0.1, 0.15) is 0 Å². The topological polar surface area (TPSA) is 12.0 Å². The molecular weight excluding hydrogens is 286 g/mol. The molecule has 0 saturated carbocycles. The minimum atomic E-state index is 0.364. The summed E-state index contributed by atoms with van der Waals surface area (Å²) in [5.74, 6) is 0. The first-order valence-electron chi connectivity index (χ1n) is 7.14. The average Bonchev–Trinajstić information content (AvgIpc) is 2.79. The van der Waals surface area contributed by atoms with E-state index in [9.17, 15) is 0 Å². The van der Waals surface area contributed by atoms with Crippen molar-refractivity contribution in [1.29, 1.82) is 0 Å². The van der Waals surface area contributed by atoms with Gasteiger partial charge in [0.2, 0.25) is 0 Å². The van der Waals surface area contributed by atoms with E-state index in [-0.39, 0.29) is 0 Å². The molecule has 20 heavy (non-hydrogen) atoms. The van der Waals surface area contributed by atoms with E-state index in [1.54, 1.807) is 11.3 Å². The zero-order chi connectivity index (χ0) is 14.5. The fourth-order valence-corrected chi connectivity index (χ4v) is 3.63. The number of thiophene rings is 1. The minimum absolute atomic E-state index is 0.364. The Bertz CT molecular complexity index is 542. The van der Waals surface area contributed by atoms with E-state index in [2.05, 4.69) is 50.4 Å². The van der Waals surface area contributed by atoms with Crippen LogP contribution in [0.4, 0.5) is 0 Å². The molecule has 1 atom stereocenters. The van der Waals surface area contributed by atoms with Gasteiger partial charge in [-0.25, -0.2) is 0 Å². The first-order chi connectivity index (χ1) is 9.58. The fraction of sp³-hybridized carbons (Fsp3) is 0.412. The van der Waals surface area contributed by atoms with Gasteiger partial charge in [-0.3, -0.25) is 0 Å². The molecule has 0 aliphatic rings. The quantitative estimate of drug-likeness (QED) is 0.763. The van der Waals surface area contributed by atoms with Gasteiger partial charge in [0.05, 0.1) is 4.34 Å². The second kappa shape index (κ2) is 7.26. The Balaban J connectivity index is 2.21. The zero-order valence-corrected chi connectivity index (χ0v) is 13.9. The highest BCUT2D eigenvalue weighted by Crippen LogP contribution is 2.27. The number of aryl methyl sites for hydroxylation is 2. The van der Waals surface area contributed by atoms with Gasteiger partial charge in [-0.05, 0) is 44.5 Å². The van der Waals surface area contributed by atoms with Crippen LogP contribution in [0.25, 0.3) is 0 Å². The molecule has 0 aliphatic heterocycles. The van der Waals surface area contributed by atoms with Crippen LogP contribution >= 0.6 is 22.9 Å². The predicted octanol–water partition coefficient (Wildman–Crippen LogP) is 5.30. The number of hydrogen-bond donors (Lipinski definition) is 1. The number of rotatable bonds is 6. The molecule has 0 saturated heterocycles. The van der Waals surface area contributed by atoms with Gasteiger partial charge in [-0.1, -0.05) is 47.9 Å². The summed E-state index contributed by atoms with van der Waals surface area (Å²) in [7, 11) is 0. The predicted molar refractivity (Wildman–Crippen MR) is 90.0 cm³/mol. The molecule has 1 unspecified atom stereocenters. The smallest absolute Gasteiger partial charge is 0.0931 e. The van der Waals surface area contributed by atoms with Gasteiger partial charge in [-0.2, -0.15) is 0 Å². The molecule has 0 fully saturated rings. The molecule has 1 heterocycles. The minimum Gasteiger partial charge on any atom is -0.310 e. The summed E-state index contributed by atoms with van der Waals surface area (Å²) in [5, 5.41) is 3.66. The van der Waals surface area contributed by atoms with Crippen LogP contribution < -0.4 is 5.32 Å². The standard InChI is InChI=1S/C17H22ClNS/c1-4-7-19-16(11-15-5-6-17(18)20-15)14-9-12(2)8-13(3)10-14/h5-6,8-10,16,19H,4,7,11H2,1-3H3. The lowest BCUT2D eigenvalue weighted by Crippen LogP contribution is -2.24. The first kappa shape index (κ1) is 15.6. The maximum Gasteiger partial charge on any atom is 0.0931 e. The van der Waals surface area contributed by atoms with Crippen LogP contribution in [0.2, 0.25) is 4.34 Å². The molecule has 108 valence electrons. The second-order valence-electron chi connectivity index (χ2n) is 5.34. The number of hydrogen-bond acceptors (Lipinski definition) is 2. The van der Waals surface area contributed by atoms with E-state index < -0.39 is 0 Å². The fourth-order valence-electron chi connectivity index (χ4n) is 2.50. The molecule has 3 heteroatoms. The van der Waals surface area contributed by atoms with Crippen molar-refractivity contribution in [3.05, 3.63) is 56.2 Å². The lowest BCUT2D eigenvalue weighted by atomic mass is 9.98. The summed E-state index contributed by atoms with van der Waals surface area (Å²) >= 11 is 7.72. The Morgan fingerprint density at radius 2 is 1.85 bits per heavy atom. The van der Waals surface area contributed by atoms with Crippen molar-refractivity contribution in [1.82, 2.24) is 5.32 Å². The van der Waals surface area contributed by atoms with Gasteiger partial charge in [0.15, 0.2) is 0 Å². The lowest BCUT2D eigenvalue weighted by molar-refractivity contribution is 0.532. The molecule has 2 aromatic rings. The van der Waals surface area contributed by atoms with Crippen molar-refractivity contribution in [2.45, 2.75) is 39.7 Å². The Labute approximate surface area is 131 Å². The molecule has 0 radical (unpaired) electrons. The van der Waals surface area contributed by atoms with Crippen LogP contribution in [0.5, 0.6) is 0 Å². The van der Waals surface area contributed by atoms with E-state index in [0.29, 0.717) is 6.04 Å². The monoisotopic (exact) mass is 307 g/mol. The number of benzene rings is 1. The summed E-state index contributed by atoms with van der Waals surface area (Å²) in [6.45, 7) is 7.56. The van der Waals surface area contributed by atoms with Gasteiger partial charge < -0.3 is 5.32 Å². The van der Waals surface area contributed by atoms with Crippen molar-refractivity contribution < 1.29 is 0 Å². The second-order valence-corrected chi connectivity index (χ2v) is 7.14. The van der Waals surface area contributed by atoms with Crippen LogP contribution in [0, 0.1) is 13.8 Å². The Kier molecular flexibility index (Phi) is 5.64. The van der Waals surface area contributed by atoms with Gasteiger partial charge in [0, 0.05) is 17.3 Å². The molecule has 0 amide bonds. The summed E-state index contributed by atoms with van der Waals surface area (Å²) in [5.41, 5.74) is 4.03. The molecule has 1 aromatic carbocycles. The van der Waals surface area contributed by atoms with Gasteiger partial charge in [-0.15, -0.1) is 11.3 Å².